The van der Waals surface area contributed by atoms with E-state index >= 15 is 0 Å². The lowest BCUT2D eigenvalue weighted by atomic mass is 10.2. The topological polar surface area (TPSA) is 92.5 Å². The number of amides is 1. The number of carbonyl (C=O) groups is 1. The summed E-state index contributed by atoms with van der Waals surface area (Å²) in [6, 6.07) is 6.08. The van der Waals surface area contributed by atoms with Crippen LogP contribution in [0.5, 0.6) is 0 Å². The molecule has 22 heavy (non-hydrogen) atoms. The maximum atomic E-state index is 11.9. The third kappa shape index (κ3) is 5.75. The molecule has 1 rings (SSSR count). The van der Waals surface area contributed by atoms with E-state index in [-0.39, 0.29) is 10.8 Å². The molecule has 1 aromatic rings. The van der Waals surface area contributed by atoms with Crippen LogP contribution in [0.2, 0.25) is 0 Å². The van der Waals surface area contributed by atoms with Gasteiger partial charge in [-0.25, -0.2) is 13.6 Å². The van der Waals surface area contributed by atoms with Gasteiger partial charge in [0.1, 0.15) is 0 Å². The minimum absolute atomic E-state index is 0.000397. The molecule has 0 spiro atoms. The Morgan fingerprint density at radius 2 is 1.86 bits per heavy atom. The van der Waals surface area contributed by atoms with E-state index < -0.39 is 10.0 Å². The van der Waals surface area contributed by atoms with Crippen LogP contribution in [0, 0.1) is 0 Å². The molecule has 0 unspecified atom stereocenters. The Morgan fingerprint density at radius 3 is 2.32 bits per heavy atom. The fourth-order valence-corrected chi connectivity index (χ4v) is 2.68. The van der Waals surface area contributed by atoms with E-state index in [0.717, 1.165) is 19.5 Å². The molecular formula is C15H25N3O3S. The number of primary sulfonamides is 1. The quantitative estimate of drug-likeness (QED) is 0.701. The lowest BCUT2D eigenvalue weighted by Gasteiger charge is -2.24. The number of nitrogens with two attached hydrogens (primary N) is 1. The van der Waals surface area contributed by atoms with Crippen molar-refractivity contribution in [2.45, 2.75) is 38.1 Å². The number of nitrogens with zero attached hydrogens (tertiary/aromatic N) is 1. The van der Waals surface area contributed by atoms with Gasteiger partial charge in [-0.15, -0.1) is 0 Å². The normalized spacial score (nSPS) is 11.9. The molecule has 1 aromatic carbocycles. The van der Waals surface area contributed by atoms with E-state index in [1.165, 1.54) is 24.3 Å². The first-order valence-electron chi connectivity index (χ1n) is 7.40. The van der Waals surface area contributed by atoms with Crippen LogP contribution in [0.15, 0.2) is 29.2 Å². The van der Waals surface area contributed by atoms with Crippen LogP contribution in [-0.4, -0.2) is 44.9 Å². The zero-order valence-corrected chi connectivity index (χ0v) is 14.2. The molecule has 0 aromatic heterocycles. The predicted molar refractivity (Wildman–Crippen MR) is 87.1 cm³/mol. The first-order valence-corrected chi connectivity index (χ1v) is 8.95. The van der Waals surface area contributed by atoms with Gasteiger partial charge in [-0.3, -0.25) is 4.79 Å². The van der Waals surface area contributed by atoms with Gasteiger partial charge in [0.25, 0.3) is 5.91 Å². The van der Waals surface area contributed by atoms with Crippen LogP contribution in [0.25, 0.3) is 0 Å². The third-order valence-corrected chi connectivity index (χ3v) is 4.42. The summed E-state index contributed by atoms with van der Waals surface area (Å²) in [4.78, 5) is 14.3. The first-order chi connectivity index (χ1) is 10.3. The highest BCUT2D eigenvalue weighted by Gasteiger charge is 2.10. The monoisotopic (exact) mass is 327 g/mol. The molecule has 7 heteroatoms. The molecule has 0 radical (unpaired) electrons. The van der Waals surface area contributed by atoms with Gasteiger partial charge in [0.05, 0.1) is 4.90 Å². The molecule has 0 bridgehead atoms. The Kier molecular flexibility index (Phi) is 6.99. The summed E-state index contributed by atoms with van der Waals surface area (Å²) >= 11 is 0. The molecule has 0 heterocycles. The molecule has 0 aliphatic heterocycles. The summed E-state index contributed by atoms with van der Waals surface area (Å²) in [6.45, 7) is 8.91. The number of hydrogen-bond donors (Lipinski definition) is 2. The standard InChI is InChI=1S/C15H25N3O3S/c1-4-18(12(2)3)11-5-10-17-15(19)13-6-8-14(9-7-13)22(16,20)21/h6-9,12H,4-5,10-11H2,1-3H3,(H,17,19)(H2,16,20,21). The van der Waals surface area contributed by atoms with Crippen molar-refractivity contribution in [3.8, 4) is 0 Å². The molecule has 0 aliphatic carbocycles. The van der Waals surface area contributed by atoms with Crippen LogP contribution in [0.3, 0.4) is 0 Å². The molecule has 0 saturated heterocycles. The van der Waals surface area contributed by atoms with Crippen molar-refractivity contribution >= 4 is 15.9 Å². The Balaban J connectivity index is 2.46. The third-order valence-electron chi connectivity index (χ3n) is 3.49. The van der Waals surface area contributed by atoms with E-state index in [0.29, 0.717) is 18.2 Å². The van der Waals surface area contributed by atoms with Gasteiger partial charge in [-0.05, 0) is 51.1 Å². The van der Waals surface area contributed by atoms with E-state index in [2.05, 4.69) is 31.0 Å². The summed E-state index contributed by atoms with van der Waals surface area (Å²) in [7, 11) is -3.72. The molecule has 0 atom stereocenters. The van der Waals surface area contributed by atoms with Gasteiger partial charge < -0.3 is 10.2 Å². The van der Waals surface area contributed by atoms with Gasteiger partial charge >= 0.3 is 0 Å². The average Bonchev–Trinajstić information content (AvgIpc) is 2.46. The fraction of sp³-hybridized carbons (Fsp3) is 0.533. The highest BCUT2D eigenvalue weighted by molar-refractivity contribution is 7.89. The molecule has 124 valence electrons. The van der Waals surface area contributed by atoms with Crippen LogP contribution in [-0.2, 0) is 10.0 Å². The Hall–Kier alpha value is -1.44. The zero-order valence-electron chi connectivity index (χ0n) is 13.4. The van der Waals surface area contributed by atoms with Crippen molar-refractivity contribution < 1.29 is 13.2 Å². The van der Waals surface area contributed by atoms with Crippen LogP contribution < -0.4 is 10.5 Å². The molecular weight excluding hydrogens is 302 g/mol. The van der Waals surface area contributed by atoms with Gasteiger partial charge in [0.15, 0.2) is 0 Å². The van der Waals surface area contributed by atoms with Crippen molar-refractivity contribution in [3.05, 3.63) is 29.8 Å². The largest absolute Gasteiger partial charge is 0.352 e. The van der Waals surface area contributed by atoms with Crippen molar-refractivity contribution in [2.24, 2.45) is 5.14 Å². The Labute approximate surface area is 132 Å². The lowest BCUT2D eigenvalue weighted by molar-refractivity contribution is 0.0951. The lowest BCUT2D eigenvalue weighted by Crippen LogP contribution is -2.34. The van der Waals surface area contributed by atoms with Gasteiger partial charge in [0, 0.05) is 24.7 Å². The molecule has 6 nitrogen and oxygen atoms in total. The smallest absolute Gasteiger partial charge is 0.251 e. The summed E-state index contributed by atoms with van der Waals surface area (Å²) in [5, 5.41) is 7.84. The molecule has 3 N–H and O–H groups in total. The van der Waals surface area contributed by atoms with Crippen molar-refractivity contribution in [2.75, 3.05) is 19.6 Å². The van der Waals surface area contributed by atoms with Gasteiger partial charge in [0.2, 0.25) is 10.0 Å². The maximum Gasteiger partial charge on any atom is 0.251 e. The van der Waals surface area contributed by atoms with E-state index in [9.17, 15) is 13.2 Å². The molecule has 0 aliphatic rings. The van der Waals surface area contributed by atoms with E-state index in [4.69, 9.17) is 5.14 Å². The van der Waals surface area contributed by atoms with Crippen molar-refractivity contribution in [1.29, 1.82) is 0 Å². The maximum absolute atomic E-state index is 11.9. The summed E-state index contributed by atoms with van der Waals surface area (Å²) < 4.78 is 22.3. The number of carbonyl (C=O) groups excluding carboxylic acids is 1. The Bertz CT molecular complexity index is 583. The molecule has 1 amide bonds. The number of hydrogen-bond acceptors (Lipinski definition) is 4. The average molecular weight is 327 g/mol. The summed E-state index contributed by atoms with van der Waals surface area (Å²) in [5.74, 6) is -0.214. The molecule has 0 fully saturated rings. The Morgan fingerprint density at radius 1 is 1.27 bits per heavy atom. The van der Waals surface area contributed by atoms with E-state index in [1.807, 2.05) is 0 Å². The number of sulfonamides is 1. The second kappa shape index (κ2) is 8.26. The summed E-state index contributed by atoms with van der Waals surface area (Å²) in [5.41, 5.74) is 0.420. The van der Waals surface area contributed by atoms with E-state index in [1.54, 1.807) is 0 Å². The zero-order chi connectivity index (χ0) is 16.8. The van der Waals surface area contributed by atoms with Gasteiger partial charge in [-0.1, -0.05) is 6.92 Å². The summed E-state index contributed by atoms with van der Waals surface area (Å²) in [6.07, 6.45) is 0.868. The van der Waals surface area contributed by atoms with Crippen molar-refractivity contribution in [1.82, 2.24) is 10.2 Å². The first kappa shape index (κ1) is 18.6. The van der Waals surface area contributed by atoms with Crippen LogP contribution in [0.4, 0.5) is 0 Å². The second-order valence-corrected chi connectivity index (χ2v) is 6.96. The van der Waals surface area contributed by atoms with Crippen molar-refractivity contribution in [3.63, 3.8) is 0 Å². The molecule has 0 saturated carbocycles. The number of rotatable bonds is 8. The second-order valence-electron chi connectivity index (χ2n) is 5.40. The number of nitrogens with one attached hydrogen (secondary N) is 1. The highest BCUT2D eigenvalue weighted by atomic mass is 32.2. The minimum Gasteiger partial charge on any atom is -0.352 e. The predicted octanol–water partition coefficient (Wildman–Crippen LogP) is 1.18. The van der Waals surface area contributed by atoms with Crippen LogP contribution >= 0.6 is 0 Å². The number of benzene rings is 1. The SMILES string of the molecule is CCN(CCCNC(=O)c1ccc(S(N)(=O)=O)cc1)C(C)C. The van der Waals surface area contributed by atoms with Crippen LogP contribution in [0.1, 0.15) is 37.6 Å². The van der Waals surface area contributed by atoms with Gasteiger partial charge in [-0.2, -0.15) is 0 Å². The fourth-order valence-electron chi connectivity index (χ4n) is 2.16. The minimum atomic E-state index is -3.72. The highest BCUT2D eigenvalue weighted by Crippen LogP contribution is 2.08.